The van der Waals surface area contributed by atoms with Gasteiger partial charge in [0.15, 0.2) is 0 Å². The zero-order chi connectivity index (χ0) is 17.5. The molecule has 3 aliphatic rings. The molecule has 0 aromatic heterocycles. The smallest absolute Gasteiger partial charge is 0.211 e. The highest BCUT2D eigenvalue weighted by Crippen LogP contribution is 2.42. The van der Waals surface area contributed by atoms with Gasteiger partial charge in [0.2, 0.25) is 10.0 Å². The Labute approximate surface area is 151 Å². The minimum Gasteiger partial charge on any atom is -0.381 e. The van der Waals surface area contributed by atoms with Gasteiger partial charge in [0.1, 0.15) is 0 Å². The van der Waals surface area contributed by atoms with E-state index < -0.39 is 10.0 Å². The first-order chi connectivity index (χ1) is 12.0. The maximum Gasteiger partial charge on any atom is 0.211 e. The molecular formula is C19H28N2O3S. The van der Waals surface area contributed by atoms with Crippen molar-refractivity contribution in [3.05, 3.63) is 35.4 Å². The van der Waals surface area contributed by atoms with Crippen LogP contribution in [0.4, 0.5) is 0 Å². The molecule has 1 aromatic rings. The van der Waals surface area contributed by atoms with Gasteiger partial charge in [-0.05, 0) is 36.3 Å². The summed E-state index contributed by atoms with van der Waals surface area (Å²) in [4.78, 5) is 2.58. The van der Waals surface area contributed by atoms with Crippen LogP contribution >= 0.6 is 0 Å². The van der Waals surface area contributed by atoms with Crippen molar-refractivity contribution in [2.45, 2.75) is 31.2 Å². The summed E-state index contributed by atoms with van der Waals surface area (Å²) in [5.41, 5.74) is 2.96. The zero-order valence-electron chi connectivity index (χ0n) is 15.0. The predicted octanol–water partition coefficient (Wildman–Crippen LogP) is 1.83. The van der Waals surface area contributed by atoms with Crippen LogP contribution in [0, 0.1) is 5.92 Å². The summed E-state index contributed by atoms with van der Waals surface area (Å²) in [6.07, 6.45) is 4.31. The fraction of sp³-hybridized carbons (Fsp3) is 0.684. The Morgan fingerprint density at radius 2 is 2.00 bits per heavy atom. The van der Waals surface area contributed by atoms with Gasteiger partial charge < -0.3 is 4.74 Å². The number of hydrogen-bond donors (Lipinski definition) is 0. The number of benzene rings is 1. The molecule has 0 N–H and O–H groups in total. The number of rotatable bonds is 3. The van der Waals surface area contributed by atoms with Gasteiger partial charge in [-0.15, -0.1) is 0 Å². The molecule has 0 saturated carbocycles. The number of ether oxygens (including phenoxy) is 1. The average molecular weight is 365 g/mol. The highest BCUT2D eigenvalue weighted by Gasteiger charge is 2.43. The maximum atomic E-state index is 11.9. The van der Waals surface area contributed by atoms with Crippen LogP contribution in [0.15, 0.2) is 24.3 Å². The third-order valence-electron chi connectivity index (χ3n) is 6.20. The highest BCUT2D eigenvalue weighted by atomic mass is 32.2. The molecule has 1 spiro atoms. The fourth-order valence-corrected chi connectivity index (χ4v) is 5.73. The lowest BCUT2D eigenvalue weighted by molar-refractivity contribution is 0.106. The lowest BCUT2D eigenvalue weighted by Gasteiger charge is -2.48. The van der Waals surface area contributed by atoms with Crippen LogP contribution in [0.2, 0.25) is 0 Å². The van der Waals surface area contributed by atoms with Crippen molar-refractivity contribution in [2.75, 3.05) is 45.6 Å². The Morgan fingerprint density at radius 3 is 2.68 bits per heavy atom. The van der Waals surface area contributed by atoms with E-state index >= 15 is 0 Å². The number of hydrogen-bond acceptors (Lipinski definition) is 4. The molecule has 0 amide bonds. The number of sulfonamides is 1. The summed E-state index contributed by atoms with van der Waals surface area (Å²) in [7, 11) is -3.09. The van der Waals surface area contributed by atoms with Gasteiger partial charge in [-0.25, -0.2) is 12.7 Å². The van der Waals surface area contributed by atoms with Gasteiger partial charge in [-0.1, -0.05) is 24.3 Å². The van der Waals surface area contributed by atoms with Crippen molar-refractivity contribution in [2.24, 2.45) is 5.92 Å². The molecule has 6 heteroatoms. The Bertz CT molecular complexity index is 720. The molecule has 2 fully saturated rings. The van der Waals surface area contributed by atoms with Crippen LogP contribution in [0.3, 0.4) is 0 Å². The summed E-state index contributed by atoms with van der Waals surface area (Å²) in [5, 5.41) is 0. The zero-order valence-corrected chi connectivity index (χ0v) is 15.8. The van der Waals surface area contributed by atoms with Crippen LogP contribution in [0.5, 0.6) is 0 Å². The van der Waals surface area contributed by atoms with E-state index in [1.807, 2.05) is 0 Å². The van der Waals surface area contributed by atoms with Crippen LogP contribution in [0.1, 0.15) is 30.4 Å². The van der Waals surface area contributed by atoms with Crippen LogP contribution in [0.25, 0.3) is 0 Å². The number of nitrogens with zero attached hydrogens (tertiary/aromatic N) is 2. The molecule has 138 valence electrons. The van der Waals surface area contributed by atoms with Gasteiger partial charge in [-0.3, -0.25) is 4.90 Å². The van der Waals surface area contributed by atoms with E-state index in [0.29, 0.717) is 19.0 Å². The predicted molar refractivity (Wildman–Crippen MR) is 98.0 cm³/mol. The molecule has 1 unspecified atom stereocenters. The molecule has 1 aromatic carbocycles. The first kappa shape index (κ1) is 17.5. The summed E-state index contributed by atoms with van der Waals surface area (Å²) < 4.78 is 31.0. The quantitative estimate of drug-likeness (QED) is 0.821. The third-order valence-corrected chi connectivity index (χ3v) is 7.50. The Balaban J connectivity index is 1.57. The second-order valence-corrected chi connectivity index (χ2v) is 9.98. The second-order valence-electron chi connectivity index (χ2n) is 8.00. The van der Waals surface area contributed by atoms with Crippen LogP contribution in [-0.2, 0) is 26.7 Å². The van der Waals surface area contributed by atoms with Crippen molar-refractivity contribution < 1.29 is 13.2 Å². The van der Waals surface area contributed by atoms with Crippen molar-refractivity contribution in [3.8, 4) is 0 Å². The number of piperidine rings is 1. The van der Waals surface area contributed by atoms with Gasteiger partial charge in [0.25, 0.3) is 0 Å². The van der Waals surface area contributed by atoms with E-state index in [9.17, 15) is 8.42 Å². The SMILES string of the molecule is CS(=O)(=O)N1CCC2(CC1)CN(CC1CCOC1)Cc1ccccc12. The molecule has 0 radical (unpaired) electrons. The third kappa shape index (κ3) is 3.50. The van der Waals surface area contributed by atoms with Crippen LogP contribution in [-0.4, -0.2) is 63.3 Å². The summed E-state index contributed by atoms with van der Waals surface area (Å²) >= 11 is 0. The minimum absolute atomic E-state index is 0.0928. The lowest BCUT2D eigenvalue weighted by Crippen LogP contribution is -2.53. The molecule has 3 aliphatic heterocycles. The molecule has 0 aliphatic carbocycles. The molecule has 2 saturated heterocycles. The van der Waals surface area contributed by atoms with Gasteiger partial charge in [-0.2, -0.15) is 0 Å². The van der Waals surface area contributed by atoms with E-state index in [1.54, 1.807) is 4.31 Å². The molecule has 25 heavy (non-hydrogen) atoms. The van der Waals surface area contributed by atoms with Crippen molar-refractivity contribution in [1.29, 1.82) is 0 Å². The molecule has 4 rings (SSSR count). The molecule has 5 nitrogen and oxygen atoms in total. The summed E-state index contributed by atoms with van der Waals surface area (Å²) in [5.74, 6) is 0.637. The molecular weight excluding hydrogens is 336 g/mol. The van der Waals surface area contributed by atoms with E-state index in [0.717, 1.165) is 52.1 Å². The van der Waals surface area contributed by atoms with E-state index in [4.69, 9.17) is 4.74 Å². The van der Waals surface area contributed by atoms with Crippen molar-refractivity contribution in [3.63, 3.8) is 0 Å². The molecule has 3 heterocycles. The topological polar surface area (TPSA) is 49.9 Å². The standard InChI is InChI=1S/C19H28N2O3S/c1-25(22,23)21-9-7-19(8-10-21)15-20(12-16-6-11-24-14-16)13-17-4-2-3-5-18(17)19/h2-5,16H,6-15H2,1H3. The van der Waals surface area contributed by atoms with Crippen molar-refractivity contribution in [1.82, 2.24) is 9.21 Å². The largest absolute Gasteiger partial charge is 0.381 e. The molecule has 1 atom stereocenters. The summed E-state index contributed by atoms with van der Waals surface area (Å²) in [6, 6.07) is 8.77. The monoisotopic (exact) mass is 364 g/mol. The van der Waals surface area contributed by atoms with E-state index in [2.05, 4.69) is 29.2 Å². The molecule has 0 bridgehead atoms. The highest BCUT2D eigenvalue weighted by molar-refractivity contribution is 7.88. The van der Waals surface area contributed by atoms with Gasteiger partial charge in [0, 0.05) is 44.7 Å². The van der Waals surface area contributed by atoms with E-state index in [1.165, 1.54) is 17.4 Å². The number of fused-ring (bicyclic) bond motifs is 2. The Morgan fingerprint density at radius 1 is 1.24 bits per heavy atom. The summed E-state index contributed by atoms with van der Waals surface area (Å²) in [6.45, 7) is 6.17. The lowest BCUT2D eigenvalue weighted by atomic mass is 9.69. The first-order valence-corrected chi connectivity index (χ1v) is 11.1. The van der Waals surface area contributed by atoms with Gasteiger partial charge >= 0.3 is 0 Å². The first-order valence-electron chi connectivity index (χ1n) is 9.30. The fourth-order valence-electron chi connectivity index (χ4n) is 4.88. The maximum absolute atomic E-state index is 11.9. The Hall–Kier alpha value is -0.950. The average Bonchev–Trinajstić information content (AvgIpc) is 3.07. The van der Waals surface area contributed by atoms with Gasteiger partial charge in [0.05, 0.1) is 12.9 Å². The second kappa shape index (κ2) is 6.65. The van der Waals surface area contributed by atoms with E-state index in [-0.39, 0.29) is 5.41 Å². The Kier molecular flexibility index (Phi) is 4.65. The minimum atomic E-state index is -3.09. The van der Waals surface area contributed by atoms with Crippen molar-refractivity contribution >= 4 is 10.0 Å². The van der Waals surface area contributed by atoms with Crippen LogP contribution < -0.4 is 0 Å². The normalized spacial score (nSPS) is 27.5.